The Morgan fingerprint density at radius 3 is 2.41 bits per heavy atom. The van der Waals surface area contributed by atoms with Crippen molar-refractivity contribution in [3.05, 3.63) is 89.5 Å². The van der Waals surface area contributed by atoms with Crippen LogP contribution in [0.4, 0.5) is 10.5 Å². The van der Waals surface area contributed by atoms with Crippen molar-refractivity contribution in [3.8, 4) is 11.5 Å². The third-order valence-corrected chi connectivity index (χ3v) is 6.44. The average molecular weight is 427 g/mol. The first kappa shape index (κ1) is 20.3. The molecular formula is C27H26N2O3. The first-order chi connectivity index (χ1) is 15.4. The maximum absolute atomic E-state index is 13.5. The fourth-order valence-corrected chi connectivity index (χ4v) is 4.55. The number of benzene rings is 3. The van der Waals surface area contributed by atoms with Crippen LogP contribution >= 0.6 is 0 Å². The summed E-state index contributed by atoms with van der Waals surface area (Å²) in [7, 11) is 0. The normalized spacial score (nSPS) is 17.1. The summed E-state index contributed by atoms with van der Waals surface area (Å²) in [4.78, 5) is 29.8. The summed E-state index contributed by atoms with van der Waals surface area (Å²) in [6.07, 6.45) is 3.18. The Kier molecular flexibility index (Phi) is 4.97. The fraction of sp³-hybridized carbons (Fsp3) is 0.259. The monoisotopic (exact) mass is 426 g/mol. The Morgan fingerprint density at radius 1 is 0.875 bits per heavy atom. The molecule has 0 atom stereocenters. The lowest BCUT2D eigenvalue weighted by Crippen LogP contribution is -2.43. The van der Waals surface area contributed by atoms with E-state index >= 15 is 0 Å². The van der Waals surface area contributed by atoms with Crippen LogP contribution in [0.5, 0.6) is 11.5 Å². The molecule has 32 heavy (non-hydrogen) atoms. The van der Waals surface area contributed by atoms with Crippen molar-refractivity contribution in [2.75, 3.05) is 4.90 Å². The molecule has 0 unspecified atom stereocenters. The number of aryl methyl sites for hydroxylation is 2. The number of carbonyl (C=O) groups is 2. The Morgan fingerprint density at radius 2 is 1.59 bits per heavy atom. The van der Waals surface area contributed by atoms with Crippen LogP contribution in [-0.4, -0.2) is 22.4 Å². The highest BCUT2D eigenvalue weighted by Crippen LogP contribution is 2.37. The van der Waals surface area contributed by atoms with Crippen molar-refractivity contribution in [1.82, 2.24) is 4.90 Å². The molecule has 1 fully saturated rings. The van der Waals surface area contributed by atoms with Gasteiger partial charge in [-0.05, 0) is 74.6 Å². The Labute approximate surface area is 188 Å². The number of imide groups is 1. The van der Waals surface area contributed by atoms with Gasteiger partial charge in [-0.1, -0.05) is 42.5 Å². The summed E-state index contributed by atoms with van der Waals surface area (Å²) in [5.41, 5.74) is 3.10. The van der Waals surface area contributed by atoms with E-state index in [4.69, 9.17) is 4.74 Å². The van der Waals surface area contributed by atoms with E-state index in [0.717, 1.165) is 30.6 Å². The third-order valence-electron chi connectivity index (χ3n) is 6.44. The minimum Gasteiger partial charge on any atom is -0.457 e. The Bertz CT molecular complexity index is 1190. The van der Waals surface area contributed by atoms with Gasteiger partial charge in [-0.2, -0.15) is 0 Å². The smallest absolute Gasteiger partial charge is 0.332 e. The average Bonchev–Trinajstić information content (AvgIpc) is 3.32. The molecule has 5 rings (SSSR count). The number of fused-ring (bicyclic) bond motifs is 1. The highest BCUT2D eigenvalue weighted by molar-refractivity contribution is 6.23. The molecule has 1 aliphatic carbocycles. The minimum absolute atomic E-state index is 0.207. The van der Waals surface area contributed by atoms with Crippen molar-refractivity contribution in [2.24, 2.45) is 0 Å². The van der Waals surface area contributed by atoms with Gasteiger partial charge < -0.3 is 9.64 Å². The van der Waals surface area contributed by atoms with E-state index in [0.29, 0.717) is 11.4 Å². The predicted octanol–water partition coefficient (Wildman–Crippen LogP) is 5.72. The van der Waals surface area contributed by atoms with Gasteiger partial charge in [0.25, 0.3) is 5.91 Å². The molecule has 5 heteroatoms. The Balaban J connectivity index is 1.45. The zero-order chi connectivity index (χ0) is 22.3. The third kappa shape index (κ3) is 3.44. The molecule has 2 aliphatic rings. The summed E-state index contributed by atoms with van der Waals surface area (Å²) >= 11 is 0. The molecule has 3 aromatic rings. The number of hydrogen-bond acceptors (Lipinski definition) is 3. The number of hydrogen-bond donors (Lipinski definition) is 0. The van der Waals surface area contributed by atoms with Crippen molar-refractivity contribution in [1.29, 1.82) is 0 Å². The van der Waals surface area contributed by atoms with Gasteiger partial charge >= 0.3 is 6.03 Å². The van der Waals surface area contributed by atoms with Crippen LogP contribution < -0.4 is 9.64 Å². The summed E-state index contributed by atoms with van der Waals surface area (Å²) in [6, 6.07) is 22.8. The molecule has 162 valence electrons. The molecule has 0 radical (unpaired) electrons. The number of para-hydroxylation sites is 2. The largest absolute Gasteiger partial charge is 0.457 e. The van der Waals surface area contributed by atoms with E-state index in [2.05, 4.69) is 6.07 Å². The standard InChI is InChI=1S/C27H26N2O3/c1-27(2)25(30)29(22-16-15-19-10-8-11-20(19)17-22)26(31)28(27)18-21-9-6-7-14-24(21)32-23-12-4-3-5-13-23/h3-7,9,12-17H,8,10-11,18H2,1-2H3. The van der Waals surface area contributed by atoms with Crippen LogP contribution in [0, 0.1) is 0 Å². The van der Waals surface area contributed by atoms with Gasteiger partial charge in [-0.25, -0.2) is 9.69 Å². The number of rotatable bonds is 5. The lowest BCUT2D eigenvalue weighted by Gasteiger charge is -2.28. The SMILES string of the molecule is CC1(C)C(=O)N(c2ccc3c(c2)CCC3)C(=O)N1Cc1ccccc1Oc1ccccc1. The zero-order valence-electron chi connectivity index (χ0n) is 18.4. The summed E-state index contributed by atoms with van der Waals surface area (Å²) in [5.74, 6) is 1.19. The van der Waals surface area contributed by atoms with E-state index in [1.807, 2.05) is 66.7 Å². The second-order valence-electron chi connectivity index (χ2n) is 8.90. The van der Waals surface area contributed by atoms with Gasteiger partial charge in [-0.3, -0.25) is 4.79 Å². The summed E-state index contributed by atoms with van der Waals surface area (Å²) in [6.45, 7) is 3.89. The summed E-state index contributed by atoms with van der Waals surface area (Å²) in [5, 5.41) is 0. The van der Waals surface area contributed by atoms with E-state index in [-0.39, 0.29) is 18.5 Å². The minimum atomic E-state index is -0.962. The van der Waals surface area contributed by atoms with E-state index in [1.165, 1.54) is 16.0 Å². The number of urea groups is 1. The van der Waals surface area contributed by atoms with E-state index < -0.39 is 5.54 Å². The molecule has 3 aromatic carbocycles. The molecule has 0 aromatic heterocycles. The molecule has 0 N–H and O–H groups in total. The van der Waals surface area contributed by atoms with Gasteiger partial charge in [0, 0.05) is 5.56 Å². The molecule has 0 spiro atoms. The van der Waals surface area contributed by atoms with Crippen LogP contribution in [0.1, 0.15) is 37.0 Å². The van der Waals surface area contributed by atoms with Crippen molar-refractivity contribution in [2.45, 2.75) is 45.2 Å². The molecule has 0 saturated carbocycles. The topological polar surface area (TPSA) is 49.9 Å². The van der Waals surface area contributed by atoms with Crippen molar-refractivity contribution >= 4 is 17.6 Å². The molecule has 1 saturated heterocycles. The lowest BCUT2D eigenvalue weighted by atomic mass is 10.0. The van der Waals surface area contributed by atoms with Crippen LogP contribution in [-0.2, 0) is 24.2 Å². The van der Waals surface area contributed by atoms with Gasteiger partial charge in [0.05, 0.1) is 12.2 Å². The quantitative estimate of drug-likeness (QED) is 0.491. The van der Waals surface area contributed by atoms with Crippen LogP contribution in [0.25, 0.3) is 0 Å². The maximum atomic E-state index is 13.5. The van der Waals surface area contributed by atoms with E-state index in [9.17, 15) is 9.59 Å². The molecule has 1 aliphatic heterocycles. The molecule has 5 nitrogen and oxygen atoms in total. The first-order valence-electron chi connectivity index (χ1n) is 11.0. The van der Waals surface area contributed by atoms with Gasteiger partial charge in [0.15, 0.2) is 0 Å². The van der Waals surface area contributed by atoms with Crippen molar-refractivity contribution < 1.29 is 14.3 Å². The number of nitrogens with zero attached hydrogens (tertiary/aromatic N) is 2. The second kappa shape index (κ2) is 7.83. The summed E-state index contributed by atoms with van der Waals surface area (Å²) < 4.78 is 6.08. The number of amides is 3. The van der Waals surface area contributed by atoms with Crippen LogP contribution in [0.3, 0.4) is 0 Å². The van der Waals surface area contributed by atoms with E-state index in [1.54, 1.807) is 18.7 Å². The Hall–Kier alpha value is -3.60. The lowest BCUT2D eigenvalue weighted by molar-refractivity contribution is -0.123. The molecular weight excluding hydrogens is 400 g/mol. The molecule has 0 bridgehead atoms. The number of carbonyl (C=O) groups excluding carboxylic acids is 2. The van der Waals surface area contributed by atoms with Crippen molar-refractivity contribution in [3.63, 3.8) is 0 Å². The number of ether oxygens (including phenoxy) is 1. The highest BCUT2D eigenvalue weighted by Gasteiger charge is 2.52. The maximum Gasteiger partial charge on any atom is 0.332 e. The van der Waals surface area contributed by atoms with Gasteiger partial charge in [-0.15, -0.1) is 0 Å². The molecule has 3 amide bonds. The van der Waals surface area contributed by atoms with Gasteiger partial charge in [0.2, 0.25) is 0 Å². The predicted molar refractivity (Wildman–Crippen MR) is 124 cm³/mol. The fourth-order valence-electron chi connectivity index (χ4n) is 4.55. The second-order valence-corrected chi connectivity index (χ2v) is 8.90. The van der Waals surface area contributed by atoms with Gasteiger partial charge in [0.1, 0.15) is 17.0 Å². The zero-order valence-corrected chi connectivity index (χ0v) is 18.4. The number of anilines is 1. The highest BCUT2D eigenvalue weighted by atomic mass is 16.5. The van der Waals surface area contributed by atoms with Crippen LogP contribution in [0.15, 0.2) is 72.8 Å². The molecule has 1 heterocycles. The van der Waals surface area contributed by atoms with Crippen LogP contribution in [0.2, 0.25) is 0 Å². The first-order valence-corrected chi connectivity index (χ1v) is 11.0.